The third-order valence-corrected chi connectivity index (χ3v) is 6.60. The molecule has 4 rings (SSSR count). The Morgan fingerprint density at radius 1 is 1.07 bits per heavy atom. The van der Waals surface area contributed by atoms with E-state index in [-0.39, 0.29) is 12.5 Å². The summed E-state index contributed by atoms with van der Waals surface area (Å²) < 4.78 is 0. The van der Waals surface area contributed by atoms with Gasteiger partial charge >= 0.3 is 0 Å². The van der Waals surface area contributed by atoms with Crippen molar-refractivity contribution in [1.29, 1.82) is 0 Å². The van der Waals surface area contributed by atoms with Gasteiger partial charge in [0.15, 0.2) is 0 Å². The fourth-order valence-corrected chi connectivity index (χ4v) is 5.00. The number of nitrogens with zero attached hydrogens (tertiary/aromatic N) is 5. The van der Waals surface area contributed by atoms with Gasteiger partial charge in [0.1, 0.15) is 18.0 Å². The second kappa shape index (κ2) is 9.71. The molecule has 0 saturated carbocycles. The number of carbonyl (C=O) groups is 1. The molecule has 0 aliphatic carbocycles. The van der Waals surface area contributed by atoms with Crippen LogP contribution in [0.2, 0.25) is 0 Å². The summed E-state index contributed by atoms with van der Waals surface area (Å²) in [7, 11) is 0. The third-order valence-electron chi connectivity index (χ3n) is 6.60. The van der Waals surface area contributed by atoms with Crippen LogP contribution < -0.4 is 10.2 Å². The smallest absolute Gasteiger partial charge is 0.226 e. The number of carbonyl (C=O) groups excluding carboxylic acids is 1. The molecular formula is C21H34N6O2. The number of amides is 1. The average Bonchev–Trinajstić information content (AvgIpc) is 3.32. The molecule has 3 aliphatic rings. The Balaban J connectivity index is 1.29. The fourth-order valence-electron chi connectivity index (χ4n) is 5.00. The van der Waals surface area contributed by atoms with Crippen molar-refractivity contribution in [2.75, 3.05) is 62.6 Å². The fraction of sp³-hybridized carbons (Fsp3) is 0.762. The van der Waals surface area contributed by atoms with E-state index in [0.29, 0.717) is 18.5 Å². The van der Waals surface area contributed by atoms with Crippen LogP contribution in [0.3, 0.4) is 0 Å². The van der Waals surface area contributed by atoms with Crippen molar-refractivity contribution in [2.45, 2.75) is 44.6 Å². The second-order valence-electron chi connectivity index (χ2n) is 8.50. The van der Waals surface area contributed by atoms with Gasteiger partial charge in [-0.15, -0.1) is 0 Å². The molecule has 1 aromatic heterocycles. The minimum Gasteiger partial charge on any atom is -0.395 e. The highest BCUT2D eigenvalue weighted by molar-refractivity contribution is 5.79. The summed E-state index contributed by atoms with van der Waals surface area (Å²) in [5.41, 5.74) is 0. The zero-order valence-corrected chi connectivity index (χ0v) is 17.3. The number of aliphatic hydroxyl groups is 1. The van der Waals surface area contributed by atoms with Gasteiger partial charge in [-0.25, -0.2) is 9.97 Å². The summed E-state index contributed by atoms with van der Waals surface area (Å²) in [5.74, 6) is 2.29. The molecule has 8 heteroatoms. The molecular weight excluding hydrogens is 368 g/mol. The van der Waals surface area contributed by atoms with Crippen molar-refractivity contribution in [2.24, 2.45) is 5.92 Å². The maximum Gasteiger partial charge on any atom is 0.226 e. The van der Waals surface area contributed by atoms with E-state index in [9.17, 15) is 4.79 Å². The Morgan fingerprint density at radius 3 is 2.62 bits per heavy atom. The number of anilines is 2. The van der Waals surface area contributed by atoms with E-state index in [4.69, 9.17) is 5.11 Å². The normalized spacial score (nSPS) is 24.1. The highest BCUT2D eigenvalue weighted by Gasteiger charge is 2.34. The molecule has 3 saturated heterocycles. The topological polar surface area (TPSA) is 84.8 Å². The molecule has 1 amide bonds. The first-order valence-electron chi connectivity index (χ1n) is 11.2. The van der Waals surface area contributed by atoms with Gasteiger partial charge in [-0.3, -0.25) is 9.69 Å². The molecule has 29 heavy (non-hydrogen) atoms. The summed E-state index contributed by atoms with van der Waals surface area (Å²) in [6, 6.07) is 2.52. The summed E-state index contributed by atoms with van der Waals surface area (Å²) in [5, 5.41) is 12.1. The third kappa shape index (κ3) is 4.98. The largest absolute Gasteiger partial charge is 0.395 e. The summed E-state index contributed by atoms with van der Waals surface area (Å²) in [4.78, 5) is 28.5. The molecule has 1 aromatic rings. The molecule has 8 nitrogen and oxygen atoms in total. The predicted octanol–water partition coefficient (Wildman–Crippen LogP) is 1.18. The van der Waals surface area contributed by atoms with E-state index < -0.39 is 0 Å². The van der Waals surface area contributed by atoms with Crippen LogP contribution in [0.5, 0.6) is 0 Å². The Bertz CT molecular complexity index is 673. The van der Waals surface area contributed by atoms with Crippen LogP contribution in [-0.4, -0.2) is 89.2 Å². The lowest BCUT2D eigenvalue weighted by Crippen LogP contribution is -2.51. The lowest BCUT2D eigenvalue weighted by Gasteiger charge is -2.42. The van der Waals surface area contributed by atoms with Crippen molar-refractivity contribution in [3.05, 3.63) is 12.4 Å². The molecule has 3 aliphatic heterocycles. The molecule has 0 spiro atoms. The van der Waals surface area contributed by atoms with Gasteiger partial charge in [-0.1, -0.05) is 0 Å². The lowest BCUT2D eigenvalue weighted by atomic mass is 9.93. The Morgan fingerprint density at radius 2 is 1.86 bits per heavy atom. The van der Waals surface area contributed by atoms with Crippen LogP contribution in [-0.2, 0) is 4.79 Å². The van der Waals surface area contributed by atoms with Crippen molar-refractivity contribution < 1.29 is 9.90 Å². The molecule has 1 atom stereocenters. The zero-order chi connectivity index (χ0) is 20.1. The van der Waals surface area contributed by atoms with Crippen molar-refractivity contribution >= 4 is 17.5 Å². The maximum absolute atomic E-state index is 12.8. The molecule has 0 bridgehead atoms. The first kappa shape index (κ1) is 20.3. The summed E-state index contributed by atoms with van der Waals surface area (Å²) in [6.07, 6.45) is 8.32. The van der Waals surface area contributed by atoms with E-state index in [2.05, 4.69) is 30.0 Å². The van der Waals surface area contributed by atoms with E-state index in [1.54, 1.807) is 6.33 Å². The molecule has 4 heterocycles. The minimum atomic E-state index is 0.0851. The quantitative estimate of drug-likeness (QED) is 0.739. The van der Waals surface area contributed by atoms with Crippen LogP contribution in [0.1, 0.15) is 38.5 Å². The number of nitrogens with one attached hydrogen (secondary N) is 1. The van der Waals surface area contributed by atoms with Gasteiger partial charge in [-0.05, 0) is 45.1 Å². The number of hydrogen-bond donors (Lipinski definition) is 2. The van der Waals surface area contributed by atoms with Gasteiger partial charge in [0.2, 0.25) is 5.91 Å². The molecule has 0 unspecified atom stereocenters. The predicted molar refractivity (Wildman–Crippen MR) is 113 cm³/mol. The van der Waals surface area contributed by atoms with Crippen LogP contribution in [0, 0.1) is 5.92 Å². The molecule has 2 N–H and O–H groups in total. The number of hydrogen-bond acceptors (Lipinski definition) is 7. The molecule has 0 aromatic carbocycles. The first-order chi connectivity index (χ1) is 14.2. The Hall–Kier alpha value is -1.93. The SMILES string of the molecule is O=C([C@H]1CCCN(C2CCN(c3cc(NCCO)ncn3)CC2)C1)N1CCCC1. The monoisotopic (exact) mass is 402 g/mol. The number of aliphatic hydroxyl groups excluding tert-OH is 1. The van der Waals surface area contributed by atoms with Gasteiger partial charge in [-0.2, -0.15) is 0 Å². The first-order valence-corrected chi connectivity index (χ1v) is 11.2. The maximum atomic E-state index is 12.8. The van der Waals surface area contributed by atoms with Gasteiger partial charge < -0.3 is 20.2 Å². The van der Waals surface area contributed by atoms with Crippen molar-refractivity contribution in [3.63, 3.8) is 0 Å². The van der Waals surface area contributed by atoms with Crippen molar-refractivity contribution in [1.82, 2.24) is 19.8 Å². The van der Waals surface area contributed by atoms with Crippen LogP contribution >= 0.6 is 0 Å². The lowest BCUT2D eigenvalue weighted by molar-refractivity contribution is -0.136. The number of piperidine rings is 2. The van der Waals surface area contributed by atoms with E-state index >= 15 is 0 Å². The number of aromatic nitrogens is 2. The average molecular weight is 403 g/mol. The van der Waals surface area contributed by atoms with E-state index in [0.717, 1.165) is 76.6 Å². The number of rotatable bonds is 6. The zero-order valence-electron chi connectivity index (χ0n) is 17.3. The summed E-state index contributed by atoms with van der Waals surface area (Å²) in [6.45, 7) is 6.50. The highest BCUT2D eigenvalue weighted by atomic mass is 16.3. The number of likely N-dealkylation sites (tertiary alicyclic amines) is 2. The minimum absolute atomic E-state index is 0.0851. The second-order valence-corrected chi connectivity index (χ2v) is 8.50. The molecule has 160 valence electrons. The standard InChI is InChI=1S/C21H34N6O2/c28-13-7-22-19-14-20(24-16-23-19)25-11-5-18(6-12-25)27-10-3-4-17(15-27)21(29)26-8-1-2-9-26/h14,16-18,28H,1-13,15H2,(H,22,23,24)/t17-/m0/s1. The van der Waals surface area contributed by atoms with Crippen LogP contribution in [0.25, 0.3) is 0 Å². The van der Waals surface area contributed by atoms with Gasteiger partial charge in [0, 0.05) is 51.4 Å². The highest BCUT2D eigenvalue weighted by Crippen LogP contribution is 2.27. The van der Waals surface area contributed by atoms with Crippen LogP contribution in [0.4, 0.5) is 11.6 Å². The van der Waals surface area contributed by atoms with Crippen LogP contribution in [0.15, 0.2) is 12.4 Å². The molecule has 0 radical (unpaired) electrons. The van der Waals surface area contributed by atoms with E-state index in [1.165, 1.54) is 12.8 Å². The Kier molecular flexibility index (Phi) is 6.82. The van der Waals surface area contributed by atoms with E-state index in [1.807, 2.05) is 6.07 Å². The Labute approximate surface area is 173 Å². The van der Waals surface area contributed by atoms with Gasteiger partial charge in [0.05, 0.1) is 12.5 Å². The van der Waals surface area contributed by atoms with Crippen molar-refractivity contribution in [3.8, 4) is 0 Å². The van der Waals surface area contributed by atoms with Gasteiger partial charge in [0.25, 0.3) is 0 Å². The molecule has 3 fully saturated rings. The summed E-state index contributed by atoms with van der Waals surface area (Å²) >= 11 is 0.